The summed E-state index contributed by atoms with van der Waals surface area (Å²) in [4.78, 5) is 13.0. The summed E-state index contributed by atoms with van der Waals surface area (Å²) in [7, 11) is 0. The molecular weight excluding hydrogens is 310 g/mol. The van der Waals surface area contributed by atoms with Crippen LogP contribution < -0.4 is 5.32 Å². The third-order valence-corrected chi connectivity index (χ3v) is 4.28. The molecule has 2 aromatic heterocycles. The number of anilines is 1. The van der Waals surface area contributed by atoms with Gasteiger partial charge < -0.3 is 9.73 Å². The highest BCUT2D eigenvalue weighted by atomic mass is 32.1. The zero-order valence-corrected chi connectivity index (χ0v) is 13.8. The lowest BCUT2D eigenvalue weighted by molar-refractivity contribution is -0.116. The second-order valence-electron chi connectivity index (χ2n) is 5.34. The Labute approximate surface area is 138 Å². The number of carbonyl (C=O) groups excluding carboxylic acids is 1. The lowest BCUT2D eigenvalue weighted by Crippen LogP contribution is -2.13. The molecule has 1 N–H and O–H groups in total. The Hall–Kier alpha value is -2.47. The highest BCUT2D eigenvalue weighted by Crippen LogP contribution is 2.23. The molecule has 0 aliphatic rings. The molecular formula is C17H17N3O2S. The number of carbonyl (C=O) groups is 1. The number of aromatic nitrogens is 2. The molecule has 0 saturated heterocycles. The van der Waals surface area contributed by atoms with Gasteiger partial charge in [0.1, 0.15) is 0 Å². The second kappa shape index (κ2) is 6.75. The molecule has 0 spiro atoms. The molecule has 3 aromatic rings. The Morgan fingerprint density at radius 1 is 1.26 bits per heavy atom. The van der Waals surface area contributed by atoms with Gasteiger partial charge in [-0.25, -0.2) is 0 Å². The standard InChI is InChI=1S/C17H17N3O2S/c1-11-5-6-13(12(2)10-11)18-15(21)7-8-16-19-20-17(22-16)14-4-3-9-23-14/h3-6,9-10H,7-8H2,1-2H3,(H,18,21). The first-order valence-corrected chi connectivity index (χ1v) is 8.23. The van der Waals surface area contributed by atoms with Gasteiger partial charge in [-0.15, -0.1) is 21.5 Å². The molecule has 0 atom stereocenters. The molecule has 0 aliphatic heterocycles. The van der Waals surface area contributed by atoms with Crippen LogP contribution in [0, 0.1) is 13.8 Å². The molecule has 118 valence electrons. The molecule has 0 bridgehead atoms. The fraction of sp³-hybridized carbons (Fsp3) is 0.235. The molecule has 1 aromatic carbocycles. The van der Waals surface area contributed by atoms with Gasteiger partial charge in [0, 0.05) is 18.5 Å². The first-order valence-electron chi connectivity index (χ1n) is 7.35. The van der Waals surface area contributed by atoms with E-state index in [9.17, 15) is 4.79 Å². The smallest absolute Gasteiger partial charge is 0.257 e. The van der Waals surface area contributed by atoms with Gasteiger partial charge >= 0.3 is 0 Å². The largest absolute Gasteiger partial charge is 0.420 e. The first-order chi connectivity index (χ1) is 11.1. The van der Waals surface area contributed by atoms with Crippen LogP contribution in [0.4, 0.5) is 5.69 Å². The van der Waals surface area contributed by atoms with Crippen molar-refractivity contribution >= 4 is 22.9 Å². The van der Waals surface area contributed by atoms with E-state index in [1.165, 1.54) is 5.56 Å². The monoisotopic (exact) mass is 327 g/mol. The van der Waals surface area contributed by atoms with Crippen molar-refractivity contribution in [1.29, 1.82) is 0 Å². The van der Waals surface area contributed by atoms with Crippen LogP contribution in [0.5, 0.6) is 0 Å². The Bertz CT molecular complexity index is 809. The van der Waals surface area contributed by atoms with Gasteiger partial charge in [0.2, 0.25) is 11.8 Å². The number of thiophene rings is 1. The number of aryl methyl sites for hydroxylation is 3. The molecule has 0 unspecified atom stereocenters. The predicted molar refractivity (Wildman–Crippen MR) is 90.5 cm³/mol. The number of benzene rings is 1. The summed E-state index contributed by atoms with van der Waals surface area (Å²) < 4.78 is 5.58. The SMILES string of the molecule is Cc1ccc(NC(=O)CCc2nnc(-c3cccs3)o2)c(C)c1. The van der Waals surface area contributed by atoms with E-state index in [1.54, 1.807) is 11.3 Å². The highest BCUT2D eigenvalue weighted by molar-refractivity contribution is 7.13. The summed E-state index contributed by atoms with van der Waals surface area (Å²) in [6, 6.07) is 9.80. The Morgan fingerprint density at radius 3 is 2.87 bits per heavy atom. The number of hydrogen-bond donors (Lipinski definition) is 1. The topological polar surface area (TPSA) is 68.0 Å². The summed E-state index contributed by atoms with van der Waals surface area (Å²) in [6.45, 7) is 4.01. The molecule has 23 heavy (non-hydrogen) atoms. The van der Waals surface area contributed by atoms with E-state index in [4.69, 9.17) is 4.42 Å². The van der Waals surface area contributed by atoms with E-state index in [1.807, 2.05) is 49.6 Å². The highest BCUT2D eigenvalue weighted by Gasteiger charge is 2.11. The van der Waals surface area contributed by atoms with Gasteiger partial charge in [-0.05, 0) is 36.9 Å². The Kier molecular flexibility index (Phi) is 4.52. The minimum absolute atomic E-state index is 0.0622. The zero-order valence-electron chi connectivity index (χ0n) is 13.0. The van der Waals surface area contributed by atoms with E-state index in [-0.39, 0.29) is 5.91 Å². The van der Waals surface area contributed by atoms with Gasteiger partial charge in [-0.1, -0.05) is 23.8 Å². The third-order valence-electron chi connectivity index (χ3n) is 3.42. The summed E-state index contributed by atoms with van der Waals surface area (Å²) >= 11 is 1.54. The van der Waals surface area contributed by atoms with E-state index in [2.05, 4.69) is 15.5 Å². The fourth-order valence-corrected chi connectivity index (χ4v) is 2.89. The van der Waals surface area contributed by atoms with Crippen molar-refractivity contribution in [2.45, 2.75) is 26.7 Å². The van der Waals surface area contributed by atoms with Crippen molar-refractivity contribution < 1.29 is 9.21 Å². The van der Waals surface area contributed by atoms with Crippen molar-refractivity contribution in [1.82, 2.24) is 10.2 Å². The van der Waals surface area contributed by atoms with Crippen molar-refractivity contribution in [3.05, 3.63) is 52.7 Å². The van der Waals surface area contributed by atoms with Crippen LogP contribution >= 0.6 is 11.3 Å². The average Bonchev–Trinajstić information content (AvgIpc) is 3.18. The van der Waals surface area contributed by atoms with Crippen molar-refractivity contribution in [2.24, 2.45) is 0 Å². The van der Waals surface area contributed by atoms with E-state index in [0.29, 0.717) is 24.6 Å². The van der Waals surface area contributed by atoms with Gasteiger partial charge in [-0.3, -0.25) is 4.79 Å². The number of nitrogens with zero attached hydrogens (tertiary/aromatic N) is 2. The third kappa shape index (κ3) is 3.84. The molecule has 0 aliphatic carbocycles. The molecule has 2 heterocycles. The summed E-state index contributed by atoms with van der Waals surface area (Å²) in [5.41, 5.74) is 3.06. The van der Waals surface area contributed by atoms with E-state index < -0.39 is 0 Å². The van der Waals surface area contributed by atoms with E-state index in [0.717, 1.165) is 16.1 Å². The molecule has 0 fully saturated rings. The summed E-state index contributed by atoms with van der Waals surface area (Å²) in [5, 5.41) is 12.9. The Morgan fingerprint density at radius 2 is 2.13 bits per heavy atom. The van der Waals surface area contributed by atoms with Crippen LogP contribution in [-0.2, 0) is 11.2 Å². The first kappa shape index (κ1) is 15.4. The van der Waals surface area contributed by atoms with Crippen LogP contribution in [-0.4, -0.2) is 16.1 Å². The maximum Gasteiger partial charge on any atom is 0.257 e. The number of hydrogen-bond acceptors (Lipinski definition) is 5. The van der Waals surface area contributed by atoms with Crippen molar-refractivity contribution in [3.63, 3.8) is 0 Å². The molecule has 5 nitrogen and oxygen atoms in total. The maximum atomic E-state index is 12.1. The maximum absolute atomic E-state index is 12.1. The summed E-state index contributed by atoms with van der Waals surface area (Å²) in [5.74, 6) is 0.918. The fourth-order valence-electron chi connectivity index (χ4n) is 2.24. The zero-order chi connectivity index (χ0) is 16.2. The van der Waals surface area contributed by atoms with Crippen molar-refractivity contribution in [2.75, 3.05) is 5.32 Å². The molecule has 3 rings (SSSR count). The Balaban J connectivity index is 1.57. The van der Waals surface area contributed by atoms with Crippen LogP contribution in [0.1, 0.15) is 23.4 Å². The van der Waals surface area contributed by atoms with Crippen molar-refractivity contribution in [3.8, 4) is 10.8 Å². The minimum Gasteiger partial charge on any atom is -0.420 e. The van der Waals surface area contributed by atoms with Crippen LogP contribution in [0.3, 0.4) is 0 Å². The lowest BCUT2D eigenvalue weighted by Gasteiger charge is -2.08. The van der Waals surface area contributed by atoms with Gasteiger partial charge in [0.25, 0.3) is 5.89 Å². The molecule has 0 saturated carbocycles. The average molecular weight is 327 g/mol. The quantitative estimate of drug-likeness (QED) is 0.769. The molecule has 6 heteroatoms. The predicted octanol–water partition coefficient (Wildman–Crippen LogP) is 3.99. The van der Waals surface area contributed by atoms with Gasteiger partial charge in [0.05, 0.1) is 4.88 Å². The van der Waals surface area contributed by atoms with Crippen LogP contribution in [0.2, 0.25) is 0 Å². The normalized spacial score (nSPS) is 10.7. The van der Waals surface area contributed by atoms with Gasteiger partial charge in [-0.2, -0.15) is 0 Å². The molecule has 1 amide bonds. The van der Waals surface area contributed by atoms with Gasteiger partial charge in [0.15, 0.2) is 0 Å². The minimum atomic E-state index is -0.0622. The summed E-state index contributed by atoms with van der Waals surface area (Å²) in [6.07, 6.45) is 0.731. The van der Waals surface area contributed by atoms with E-state index >= 15 is 0 Å². The number of nitrogens with one attached hydrogen (secondary N) is 1. The lowest BCUT2D eigenvalue weighted by atomic mass is 10.1. The number of amides is 1. The number of rotatable bonds is 5. The second-order valence-corrected chi connectivity index (χ2v) is 6.29. The molecule has 0 radical (unpaired) electrons. The van der Waals surface area contributed by atoms with Crippen LogP contribution in [0.15, 0.2) is 40.1 Å². The van der Waals surface area contributed by atoms with Crippen LogP contribution in [0.25, 0.3) is 10.8 Å².